The van der Waals surface area contributed by atoms with Gasteiger partial charge in [-0.25, -0.2) is 0 Å². The molecule has 152 valence electrons. The molecule has 0 fully saturated rings. The molecule has 6 nitrogen and oxygen atoms in total. The molecule has 0 saturated heterocycles. The average molecular weight is 390 g/mol. The zero-order chi connectivity index (χ0) is 20.3. The van der Waals surface area contributed by atoms with Crippen LogP contribution < -0.4 is 0 Å². The molecule has 0 spiro atoms. The highest BCUT2D eigenvalue weighted by Crippen LogP contribution is 2.15. The molecular weight excluding hydrogens is 365 g/mol. The van der Waals surface area contributed by atoms with Crippen LogP contribution in [0.15, 0.2) is 24.3 Å². The monoisotopic (exact) mass is 390 g/mol. The summed E-state index contributed by atoms with van der Waals surface area (Å²) in [5.41, 5.74) is 1.23. The maximum absolute atomic E-state index is 12.3. The zero-order valence-corrected chi connectivity index (χ0v) is 15.5. The second-order valence-electron chi connectivity index (χ2n) is 6.00. The van der Waals surface area contributed by atoms with Gasteiger partial charge >= 0.3 is 6.18 Å². The van der Waals surface area contributed by atoms with Crippen LogP contribution in [0.2, 0.25) is 0 Å². The van der Waals surface area contributed by atoms with Crippen LogP contribution in [0.5, 0.6) is 0 Å². The minimum absolute atomic E-state index is 0.102. The number of imide groups is 1. The van der Waals surface area contributed by atoms with E-state index in [1.165, 1.54) is 7.05 Å². The Morgan fingerprint density at radius 3 is 2.22 bits per heavy atom. The van der Waals surface area contributed by atoms with Crippen LogP contribution in [0.4, 0.5) is 13.2 Å². The molecule has 0 aliphatic rings. The lowest BCUT2D eigenvalue weighted by atomic mass is 10.1. The summed E-state index contributed by atoms with van der Waals surface area (Å²) in [6.45, 7) is 1.80. The lowest BCUT2D eigenvalue weighted by Gasteiger charge is -2.18. The summed E-state index contributed by atoms with van der Waals surface area (Å²) < 4.78 is 46.9. The van der Waals surface area contributed by atoms with Gasteiger partial charge < -0.3 is 9.47 Å². The largest absolute Gasteiger partial charge is 0.401 e. The third-order valence-electron chi connectivity index (χ3n) is 3.68. The van der Waals surface area contributed by atoms with Crippen molar-refractivity contribution in [2.24, 2.45) is 0 Å². The molecule has 1 rings (SSSR count). The second-order valence-corrected chi connectivity index (χ2v) is 6.00. The van der Waals surface area contributed by atoms with E-state index in [1.54, 1.807) is 31.2 Å². The quantitative estimate of drug-likeness (QED) is 0.404. The first-order chi connectivity index (χ1) is 12.7. The summed E-state index contributed by atoms with van der Waals surface area (Å²) in [6.07, 6.45) is -3.76. The Morgan fingerprint density at radius 2 is 1.67 bits per heavy atom. The van der Waals surface area contributed by atoms with E-state index in [4.69, 9.17) is 9.47 Å². The molecule has 0 aliphatic carbocycles. The molecule has 0 aliphatic heterocycles. The van der Waals surface area contributed by atoms with Crippen molar-refractivity contribution >= 4 is 12.3 Å². The van der Waals surface area contributed by atoms with Crippen LogP contribution in [0.25, 0.3) is 0 Å². The number of carbonyl (C=O) groups is 2. The fraction of sp³-hybridized carbons (Fsp3) is 0.556. The molecule has 0 radical (unpaired) electrons. The number of ether oxygens (including phenoxy) is 2. The fourth-order valence-corrected chi connectivity index (χ4v) is 2.26. The normalized spacial score (nSPS) is 11.6. The number of hydrogen-bond donors (Lipinski definition) is 0. The number of hydrogen-bond acceptors (Lipinski definition) is 5. The van der Waals surface area contributed by atoms with Crippen molar-refractivity contribution in [3.8, 4) is 0 Å². The number of halogens is 3. The summed E-state index contributed by atoms with van der Waals surface area (Å²) >= 11 is 0. The van der Waals surface area contributed by atoms with Crippen LogP contribution in [0.3, 0.4) is 0 Å². The summed E-state index contributed by atoms with van der Waals surface area (Å²) in [5.74, 6) is -0.393. The van der Waals surface area contributed by atoms with Crippen molar-refractivity contribution in [1.29, 1.82) is 0 Å². The Balaban J connectivity index is 2.17. The van der Waals surface area contributed by atoms with Gasteiger partial charge in [-0.15, -0.1) is 0 Å². The van der Waals surface area contributed by atoms with Gasteiger partial charge in [0.15, 0.2) is 0 Å². The van der Waals surface area contributed by atoms with E-state index in [1.807, 2.05) is 0 Å². The van der Waals surface area contributed by atoms with E-state index in [0.717, 1.165) is 15.4 Å². The number of nitrogens with zero attached hydrogens (tertiary/aromatic N) is 2. The van der Waals surface area contributed by atoms with E-state index in [9.17, 15) is 22.8 Å². The summed E-state index contributed by atoms with van der Waals surface area (Å²) in [5, 5.41) is 0. The highest BCUT2D eigenvalue weighted by molar-refractivity contribution is 6.00. The van der Waals surface area contributed by atoms with E-state index in [2.05, 4.69) is 0 Å². The van der Waals surface area contributed by atoms with Crippen molar-refractivity contribution in [2.45, 2.75) is 13.1 Å². The zero-order valence-electron chi connectivity index (χ0n) is 15.5. The summed E-state index contributed by atoms with van der Waals surface area (Å²) in [6, 6.07) is 6.97. The van der Waals surface area contributed by atoms with Gasteiger partial charge in [0, 0.05) is 12.1 Å². The first kappa shape index (κ1) is 23.1. The van der Waals surface area contributed by atoms with E-state index in [-0.39, 0.29) is 39.5 Å². The van der Waals surface area contributed by atoms with Crippen molar-refractivity contribution in [1.82, 2.24) is 9.80 Å². The second kappa shape index (κ2) is 11.7. The maximum Gasteiger partial charge on any atom is 0.401 e. The molecule has 0 aromatic heterocycles. The van der Waals surface area contributed by atoms with Gasteiger partial charge in [0.25, 0.3) is 5.91 Å². The summed E-state index contributed by atoms with van der Waals surface area (Å²) in [7, 11) is 1.37. The fourth-order valence-electron chi connectivity index (χ4n) is 2.26. The van der Waals surface area contributed by atoms with Gasteiger partial charge in [-0.05, 0) is 25.6 Å². The molecule has 9 heteroatoms. The van der Waals surface area contributed by atoms with Crippen molar-refractivity contribution in [3.05, 3.63) is 35.4 Å². The van der Waals surface area contributed by atoms with Gasteiger partial charge in [0.1, 0.15) is 0 Å². The van der Waals surface area contributed by atoms with Gasteiger partial charge in [-0.1, -0.05) is 18.2 Å². The Bertz CT molecular complexity index is 596. The maximum atomic E-state index is 12.3. The van der Waals surface area contributed by atoms with Crippen LogP contribution in [0, 0.1) is 6.92 Å². The molecule has 0 bridgehead atoms. The van der Waals surface area contributed by atoms with Gasteiger partial charge in [0.05, 0.1) is 39.5 Å². The molecule has 0 heterocycles. The molecule has 0 saturated carbocycles. The van der Waals surface area contributed by atoms with E-state index < -0.39 is 18.6 Å². The standard InChI is InChI=1S/C18H25F3N2O4/c1-15-5-3-4-6-16(15)17(25)23(14-24)8-10-27-12-11-26-9-7-22(2)13-18(19,20)21/h3-6,14H,7-13H2,1-2H3. The van der Waals surface area contributed by atoms with E-state index in [0.29, 0.717) is 12.0 Å². The van der Waals surface area contributed by atoms with Crippen molar-refractivity contribution in [2.75, 3.05) is 53.1 Å². The number of benzene rings is 1. The Hall–Kier alpha value is -1.97. The number of likely N-dealkylation sites (N-methyl/N-ethyl adjacent to an activating group) is 1. The van der Waals surface area contributed by atoms with Gasteiger partial charge in [-0.2, -0.15) is 13.2 Å². The molecular formula is C18H25F3N2O4. The number of amides is 2. The molecule has 27 heavy (non-hydrogen) atoms. The summed E-state index contributed by atoms with van der Waals surface area (Å²) in [4.78, 5) is 25.6. The van der Waals surface area contributed by atoms with Crippen LogP contribution in [0.1, 0.15) is 15.9 Å². The molecule has 1 aromatic carbocycles. The third-order valence-corrected chi connectivity index (χ3v) is 3.68. The van der Waals surface area contributed by atoms with Gasteiger partial charge in [0.2, 0.25) is 6.41 Å². The van der Waals surface area contributed by atoms with Crippen molar-refractivity contribution in [3.63, 3.8) is 0 Å². The molecule has 0 unspecified atom stereocenters. The smallest absolute Gasteiger partial charge is 0.378 e. The Labute approximate surface area is 156 Å². The molecule has 0 atom stereocenters. The Morgan fingerprint density at radius 1 is 1.07 bits per heavy atom. The van der Waals surface area contributed by atoms with Crippen LogP contribution in [-0.4, -0.2) is 81.4 Å². The molecule has 1 aromatic rings. The first-order valence-electron chi connectivity index (χ1n) is 8.47. The molecule has 2 amide bonds. The van der Waals surface area contributed by atoms with Crippen LogP contribution >= 0.6 is 0 Å². The average Bonchev–Trinajstić information content (AvgIpc) is 2.59. The predicted octanol–water partition coefficient (Wildman–Crippen LogP) is 2.12. The minimum Gasteiger partial charge on any atom is -0.378 e. The number of rotatable bonds is 12. The highest BCUT2D eigenvalue weighted by Gasteiger charge is 2.28. The highest BCUT2D eigenvalue weighted by atomic mass is 19.4. The van der Waals surface area contributed by atoms with Gasteiger partial charge in [-0.3, -0.25) is 19.4 Å². The van der Waals surface area contributed by atoms with Crippen LogP contribution in [-0.2, 0) is 14.3 Å². The predicted molar refractivity (Wildman–Crippen MR) is 93.5 cm³/mol. The number of alkyl halides is 3. The Kier molecular flexibility index (Phi) is 9.98. The molecule has 0 N–H and O–H groups in total. The SMILES string of the molecule is Cc1ccccc1C(=O)N(C=O)CCOCCOCCN(C)CC(F)(F)F. The lowest BCUT2D eigenvalue weighted by molar-refractivity contribution is -0.144. The minimum atomic E-state index is -4.22. The number of carbonyl (C=O) groups excluding carboxylic acids is 2. The van der Waals surface area contributed by atoms with Crippen molar-refractivity contribution < 1.29 is 32.2 Å². The number of aryl methyl sites for hydroxylation is 1. The topological polar surface area (TPSA) is 59.1 Å². The lowest BCUT2D eigenvalue weighted by Crippen LogP contribution is -2.34. The third kappa shape index (κ3) is 9.50. The van der Waals surface area contributed by atoms with E-state index >= 15 is 0 Å². The first-order valence-corrected chi connectivity index (χ1v) is 8.47.